The van der Waals surface area contributed by atoms with Gasteiger partial charge in [0, 0.05) is 20.8 Å². The molecule has 21 heavy (non-hydrogen) atoms. The summed E-state index contributed by atoms with van der Waals surface area (Å²) in [6, 6.07) is 0. The molecule has 0 aromatic rings. The van der Waals surface area contributed by atoms with Gasteiger partial charge in [0.1, 0.15) is 6.10 Å². The molecule has 0 spiro atoms. The Bertz CT molecular complexity index is 408. The summed E-state index contributed by atoms with van der Waals surface area (Å²) in [5.41, 5.74) is 0. The van der Waals surface area contributed by atoms with Crippen molar-refractivity contribution >= 4 is 17.9 Å². The van der Waals surface area contributed by atoms with Gasteiger partial charge in [0.15, 0.2) is 24.6 Å². The van der Waals surface area contributed by atoms with Gasteiger partial charge in [-0.2, -0.15) is 0 Å². The van der Waals surface area contributed by atoms with E-state index in [4.69, 9.17) is 18.9 Å². The first-order valence-corrected chi connectivity index (χ1v) is 6.22. The van der Waals surface area contributed by atoms with Gasteiger partial charge < -0.3 is 29.2 Å². The Balaban J connectivity index is 3.08. The zero-order valence-corrected chi connectivity index (χ0v) is 11.8. The second-order valence-corrected chi connectivity index (χ2v) is 4.47. The Morgan fingerprint density at radius 3 is 1.76 bits per heavy atom. The summed E-state index contributed by atoms with van der Waals surface area (Å²) in [4.78, 5) is 33.4. The molecular weight excluding hydrogens is 288 g/mol. The number of carbonyl (C=O) groups is 3. The van der Waals surface area contributed by atoms with Crippen molar-refractivity contribution in [2.24, 2.45) is 0 Å². The van der Waals surface area contributed by atoms with Gasteiger partial charge in [0.25, 0.3) is 0 Å². The summed E-state index contributed by atoms with van der Waals surface area (Å²) >= 11 is 0. The van der Waals surface area contributed by atoms with Crippen molar-refractivity contribution in [1.82, 2.24) is 0 Å². The summed E-state index contributed by atoms with van der Waals surface area (Å²) < 4.78 is 19.8. The van der Waals surface area contributed by atoms with Crippen molar-refractivity contribution < 1.29 is 43.5 Å². The molecule has 120 valence electrons. The van der Waals surface area contributed by atoms with Crippen LogP contribution in [0, 0.1) is 0 Å². The molecule has 1 aliphatic rings. The average molecular weight is 306 g/mol. The van der Waals surface area contributed by atoms with E-state index in [0.717, 1.165) is 20.8 Å². The minimum absolute atomic E-state index is 0.598. The normalized spacial score (nSPS) is 32.1. The minimum atomic E-state index is -1.64. The minimum Gasteiger partial charge on any atom is -0.456 e. The number of rotatable bonds is 4. The third-order valence-corrected chi connectivity index (χ3v) is 2.70. The van der Waals surface area contributed by atoms with Gasteiger partial charge in [-0.15, -0.1) is 0 Å². The Kier molecular flexibility index (Phi) is 6.06. The number of hydrogen-bond acceptors (Lipinski definition) is 9. The lowest BCUT2D eigenvalue weighted by atomic mass is 9.98. The molecule has 0 bridgehead atoms. The average Bonchev–Trinajstić information content (AvgIpc) is 2.35. The summed E-state index contributed by atoms with van der Waals surface area (Å²) in [5, 5.41) is 19.0. The zero-order chi connectivity index (χ0) is 16.2. The van der Waals surface area contributed by atoms with E-state index in [1.807, 2.05) is 0 Å². The molecule has 9 heteroatoms. The first kappa shape index (κ1) is 17.3. The molecule has 0 radical (unpaired) electrons. The molecule has 1 saturated heterocycles. The fraction of sp³-hybridized carbons (Fsp3) is 0.750. The second kappa shape index (κ2) is 7.34. The van der Waals surface area contributed by atoms with Gasteiger partial charge in [-0.05, 0) is 0 Å². The summed E-state index contributed by atoms with van der Waals surface area (Å²) in [5.74, 6) is -2.19. The monoisotopic (exact) mass is 306 g/mol. The lowest BCUT2D eigenvalue weighted by molar-refractivity contribution is -0.295. The van der Waals surface area contributed by atoms with Gasteiger partial charge in [0.05, 0.1) is 6.61 Å². The maximum absolute atomic E-state index is 11.2. The molecule has 0 aromatic carbocycles. The summed E-state index contributed by atoms with van der Waals surface area (Å²) in [7, 11) is 0. The largest absolute Gasteiger partial charge is 0.456 e. The maximum atomic E-state index is 11.2. The molecule has 0 saturated carbocycles. The van der Waals surface area contributed by atoms with Crippen molar-refractivity contribution in [3.63, 3.8) is 0 Å². The van der Waals surface area contributed by atoms with Crippen LogP contribution in [0.15, 0.2) is 0 Å². The quantitative estimate of drug-likeness (QED) is 0.470. The van der Waals surface area contributed by atoms with E-state index >= 15 is 0 Å². The fourth-order valence-corrected chi connectivity index (χ4v) is 2.02. The molecule has 5 atom stereocenters. The van der Waals surface area contributed by atoms with Crippen LogP contribution in [0.4, 0.5) is 0 Å². The van der Waals surface area contributed by atoms with Gasteiger partial charge in [0.2, 0.25) is 0 Å². The molecule has 2 N–H and O–H groups in total. The zero-order valence-electron chi connectivity index (χ0n) is 11.8. The highest BCUT2D eigenvalue weighted by Gasteiger charge is 2.51. The SMILES string of the molecule is CC(=O)OC1C(OC(C)=O)[C@H](O)OC(CO)[C@H]1OC(C)=O. The first-order chi connectivity index (χ1) is 9.76. The van der Waals surface area contributed by atoms with Gasteiger partial charge in [-0.25, -0.2) is 0 Å². The lowest BCUT2D eigenvalue weighted by Gasteiger charge is -2.42. The number of carbonyl (C=O) groups excluding carboxylic acids is 3. The van der Waals surface area contributed by atoms with Crippen molar-refractivity contribution in [2.75, 3.05) is 6.61 Å². The van der Waals surface area contributed by atoms with Crippen LogP contribution in [-0.4, -0.2) is 65.4 Å². The van der Waals surface area contributed by atoms with Crippen LogP contribution >= 0.6 is 0 Å². The predicted molar refractivity (Wildman–Crippen MR) is 64.6 cm³/mol. The second-order valence-electron chi connectivity index (χ2n) is 4.47. The number of esters is 3. The summed E-state index contributed by atoms with van der Waals surface area (Å²) in [6.07, 6.45) is -6.65. The molecule has 3 unspecified atom stereocenters. The molecular formula is C12H18O9. The molecule has 1 fully saturated rings. The van der Waals surface area contributed by atoms with Crippen molar-refractivity contribution in [2.45, 2.75) is 51.5 Å². The van der Waals surface area contributed by atoms with Crippen LogP contribution in [0.1, 0.15) is 20.8 Å². The summed E-state index contributed by atoms with van der Waals surface area (Å²) in [6.45, 7) is 2.71. The van der Waals surface area contributed by atoms with E-state index in [0.29, 0.717) is 0 Å². The Labute approximate surface area is 120 Å². The predicted octanol–water partition coefficient (Wildman–Crippen LogP) is -1.51. The highest BCUT2D eigenvalue weighted by atomic mass is 16.7. The van der Waals surface area contributed by atoms with Gasteiger partial charge in [-0.1, -0.05) is 0 Å². The van der Waals surface area contributed by atoms with Crippen LogP contribution in [-0.2, 0) is 33.3 Å². The van der Waals surface area contributed by atoms with Crippen LogP contribution in [0.3, 0.4) is 0 Å². The molecule has 0 aromatic heterocycles. The molecule has 0 amide bonds. The van der Waals surface area contributed by atoms with E-state index in [1.165, 1.54) is 0 Å². The Morgan fingerprint density at radius 1 is 0.905 bits per heavy atom. The highest BCUT2D eigenvalue weighted by Crippen LogP contribution is 2.27. The van der Waals surface area contributed by atoms with Crippen LogP contribution in [0.2, 0.25) is 0 Å². The van der Waals surface area contributed by atoms with Crippen molar-refractivity contribution in [3.8, 4) is 0 Å². The van der Waals surface area contributed by atoms with Crippen LogP contribution in [0.5, 0.6) is 0 Å². The number of hydrogen-bond donors (Lipinski definition) is 2. The maximum Gasteiger partial charge on any atom is 0.303 e. The fourth-order valence-electron chi connectivity index (χ4n) is 2.02. The lowest BCUT2D eigenvalue weighted by Crippen LogP contribution is -2.62. The number of ether oxygens (including phenoxy) is 4. The van der Waals surface area contributed by atoms with Gasteiger partial charge >= 0.3 is 17.9 Å². The molecule has 1 aliphatic heterocycles. The Hall–Kier alpha value is -1.71. The topological polar surface area (TPSA) is 129 Å². The third-order valence-electron chi connectivity index (χ3n) is 2.70. The van der Waals surface area contributed by atoms with Gasteiger partial charge in [-0.3, -0.25) is 14.4 Å². The van der Waals surface area contributed by atoms with Crippen molar-refractivity contribution in [3.05, 3.63) is 0 Å². The van der Waals surface area contributed by atoms with E-state index in [-0.39, 0.29) is 0 Å². The smallest absolute Gasteiger partial charge is 0.303 e. The Morgan fingerprint density at radius 2 is 1.33 bits per heavy atom. The molecule has 0 aliphatic carbocycles. The van der Waals surface area contributed by atoms with E-state index in [2.05, 4.69) is 0 Å². The standard InChI is InChI=1S/C12H18O9/c1-5(14)18-9-8(4-13)21-12(17)11(20-7(3)16)10(9)19-6(2)15/h8-13,17H,4H2,1-3H3/t8?,9-,10?,11?,12-/m1/s1. The molecule has 9 nitrogen and oxygen atoms in total. The van der Waals surface area contributed by atoms with Crippen molar-refractivity contribution in [1.29, 1.82) is 0 Å². The van der Waals surface area contributed by atoms with Crippen LogP contribution < -0.4 is 0 Å². The van der Waals surface area contributed by atoms with Crippen LogP contribution in [0.25, 0.3) is 0 Å². The highest BCUT2D eigenvalue weighted by molar-refractivity contribution is 5.68. The van der Waals surface area contributed by atoms with E-state index in [1.54, 1.807) is 0 Å². The number of aliphatic hydroxyl groups is 2. The number of aliphatic hydroxyl groups excluding tert-OH is 2. The molecule has 1 heterocycles. The van der Waals surface area contributed by atoms with E-state index < -0.39 is 55.2 Å². The van der Waals surface area contributed by atoms with E-state index in [9.17, 15) is 24.6 Å². The molecule has 1 rings (SSSR count). The first-order valence-electron chi connectivity index (χ1n) is 6.22. The third kappa shape index (κ3) is 4.66.